The van der Waals surface area contributed by atoms with Crippen LogP contribution in [0.25, 0.3) is 11.0 Å². The van der Waals surface area contributed by atoms with Crippen LogP contribution in [0.1, 0.15) is 24.5 Å². The minimum absolute atomic E-state index is 1.04. The molecule has 0 amide bonds. The summed E-state index contributed by atoms with van der Waals surface area (Å²) in [7, 11) is 0. The van der Waals surface area contributed by atoms with E-state index in [9.17, 15) is 0 Å². The highest BCUT2D eigenvalue weighted by molar-refractivity contribution is 5.80. The van der Waals surface area contributed by atoms with Crippen LogP contribution in [0.4, 0.5) is 0 Å². The van der Waals surface area contributed by atoms with Gasteiger partial charge in [0.2, 0.25) is 0 Å². The van der Waals surface area contributed by atoms with Crippen LogP contribution in [0.2, 0.25) is 0 Å². The fourth-order valence-corrected chi connectivity index (χ4v) is 1.72. The van der Waals surface area contributed by atoms with Crippen LogP contribution in [0.15, 0.2) is 24.5 Å². The van der Waals surface area contributed by atoms with Crippen LogP contribution in [-0.4, -0.2) is 9.97 Å². The van der Waals surface area contributed by atoms with E-state index in [-0.39, 0.29) is 0 Å². The van der Waals surface area contributed by atoms with Gasteiger partial charge in [0.15, 0.2) is 0 Å². The number of fused-ring (bicyclic) bond motifs is 1. The minimum Gasteiger partial charge on any atom is -0.253 e. The molecule has 0 unspecified atom stereocenters. The smallest absolute Gasteiger partial charge is 0.0921 e. The molecule has 0 saturated carbocycles. The molecule has 72 valence electrons. The molecular formula is C12H14N2. The lowest BCUT2D eigenvalue weighted by molar-refractivity contribution is 0.925. The number of aryl methyl sites for hydroxylation is 2. The van der Waals surface area contributed by atoms with Crippen LogP contribution in [0.3, 0.4) is 0 Å². The van der Waals surface area contributed by atoms with Crippen molar-refractivity contribution in [2.75, 3.05) is 0 Å². The summed E-state index contributed by atoms with van der Waals surface area (Å²) < 4.78 is 0. The number of hydrogen-bond acceptors (Lipinski definition) is 2. The van der Waals surface area contributed by atoms with Gasteiger partial charge in [-0.2, -0.15) is 0 Å². The Morgan fingerprint density at radius 2 is 1.79 bits per heavy atom. The molecule has 2 heteroatoms. The molecule has 0 aliphatic heterocycles. The van der Waals surface area contributed by atoms with Crippen LogP contribution < -0.4 is 0 Å². The van der Waals surface area contributed by atoms with E-state index >= 15 is 0 Å². The molecular weight excluding hydrogens is 172 g/mol. The van der Waals surface area contributed by atoms with Crippen molar-refractivity contribution in [3.8, 4) is 0 Å². The van der Waals surface area contributed by atoms with Crippen molar-refractivity contribution in [1.82, 2.24) is 9.97 Å². The second-order valence-corrected chi connectivity index (χ2v) is 3.55. The zero-order chi connectivity index (χ0) is 9.97. The van der Waals surface area contributed by atoms with Gasteiger partial charge in [0, 0.05) is 12.4 Å². The Bertz CT molecular complexity index is 449. The van der Waals surface area contributed by atoms with Crippen molar-refractivity contribution in [2.24, 2.45) is 0 Å². The Kier molecular flexibility index (Phi) is 2.44. The average Bonchev–Trinajstić information content (AvgIpc) is 2.23. The first-order valence-electron chi connectivity index (χ1n) is 5.02. The lowest BCUT2D eigenvalue weighted by atomic mass is 10.1. The molecule has 2 rings (SSSR count). The van der Waals surface area contributed by atoms with Crippen LogP contribution >= 0.6 is 0 Å². The number of benzene rings is 1. The SMILES string of the molecule is CCCc1ccc(C)c2nccnc12. The quantitative estimate of drug-likeness (QED) is 0.720. The molecule has 0 aliphatic carbocycles. The van der Waals surface area contributed by atoms with E-state index in [0.29, 0.717) is 0 Å². The first-order valence-corrected chi connectivity index (χ1v) is 5.02. The van der Waals surface area contributed by atoms with E-state index in [1.54, 1.807) is 12.4 Å². The molecule has 1 aromatic heterocycles. The van der Waals surface area contributed by atoms with Crippen LogP contribution in [0.5, 0.6) is 0 Å². The Labute approximate surface area is 84.0 Å². The van der Waals surface area contributed by atoms with Crippen molar-refractivity contribution >= 4 is 11.0 Å². The average molecular weight is 186 g/mol. The molecule has 1 heterocycles. The summed E-state index contributed by atoms with van der Waals surface area (Å²) in [4.78, 5) is 8.76. The Morgan fingerprint density at radius 3 is 2.50 bits per heavy atom. The van der Waals surface area contributed by atoms with Gasteiger partial charge in [-0.15, -0.1) is 0 Å². The lowest BCUT2D eigenvalue weighted by Crippen LogP contribution is -1.92. The van der Waals surface area contributed by atoms with Gasteiger partial charge in [0.25, 0.3) is 0 Å². The zero-order valence-electron chi connectivity index (χ0n) is 8.62. The number of hydrogen-bond donors (Lipinski definition) is 0. The standard InChI is InChI=1S/C12H14N2/c1-3-4-10-6-5-9(2)11-12(10)14-8-7-13-11/h5-8H,3-4H2,1-2H3. The third-order valence-corrected chi connectivity index (χ3v) is 2.43. The molecule has 0 fully saturated rings. The molecule has 2 nitrogen and oxygen atoms in total. The Morgan fingerprint density at radius 1 is 1.07 bits per heavy atom. The van der Waals surface area contributed by atoms with Gasteiger partial charge in [-0.05, 0) is 24.5 Å². The lowest BCUT2D eigenvalue weighted by Gasteiger charge is -2.05. The van der Waals surface area contributed by atoms with Gasteiger partial charge < -0.3 is 0 Å². The maximum absolute atomic E-state index is 4.40. The van der Waals surface area contributed by atoms with E-state index in [4.69, 9.17) is 0 Å². The van der Waals surface area contributed by atoms with E-state index < -0.39 is 0 Å². The summed E-state index contributed by atoms with van der Waals surface area (Å²) in [6.07, 6.45) is 5.75. The topological polar surface area (TPSA) is 25.8 Å². The van der Waals surface area contributed by atoms with Crippen LogP contribution in [-0.2, 0) is 6.42 Å². The fraction of sp³-hybridized carbons (Fsp3) is 0.333. The molecule has 0 bridgehead atoms. The maximum Gasteiger partial charge on any atom is 0.0921 e. The van der Waals surface area contributed by atoms with E-state index in [1.165, 1.54) is 11.1 Å². The van der Waals surface area contributed by atoms with Gasteiger partial charge >= 0.3 is 0 Å². The number of aromatic nitrogens is 2. The highest BCUT2D eigenvalue weighted by Crippen LogP contribution is 2.18. The van der Waals surface area contributed by atoms with Crippen molar-refractivity contribution < 1.29 is 0 Å². The molecule has 0 aliphatic rings. The van der Waals surface area contributed by atoms with Gasteiger partial charge in [-0.25, -0.2) is 0 Å². The summed E-state index contributed by atoms with van der Waals surface area (Å²) in [6.45, 7) is 4.26. The van der Waals surface area contributed by atoms with Gasteiger partial charge in [-0.1, -0.05) is 25.5 Å². The van der Waals surface area contributed by atoms with Crippen molar-refractivity contribution in [2.45, 2.75) is 26.7 Å². The third kappa shape index (κ3) is 1.48. The highest BCUT2D eigenvalue weighted by Gasteiger charge is 2.03. The normalized spacial score (nSPS) is 10.7. The van der Waals surface area contributed by atoms with Crippen molar-refractivity contribution in [3.63, 3.8) is 0 Å². The second kappa shape index (κ2) is 3.74. The predicted octanol–water partition coefficient (Wildman–Crippen LogP) is 2.89. The number of rotatable bonds is 2. The largest absolute Gasteiger partial charge is 0.253 e. The van der Waals surface area contributed by atoms with Crippen molar-refractivity contribution in [3.05, 3.63) is 35.7 Å². The third-order valence-electron chi connectivity index (χ3n) is 2.43. The molecule has 1 aromatic carbocycles. The minimum atomic E-state index is 1.04. The Balaban J connectivity index is 2.68. The second-order valence-electron chi connectivity index (χ2n) is 3.55. The van der Waals surface area contributed by atoms with Crippen LogP contribution in [0, 0.1) is 6.92 Å². The summed E-state index contributed by atoms with van der Waals surface area (Å²) in [6, 6.07) is 4.29. The first-order chi connectivity index (χ1) is 6.83. The summed E-state index contributed by atoms with van der Waals surface area (Å²) >= 11 is 0. The van der Waals surface area contributed by atoms with E-state index in [0.717, 1.165) is 23.9 Å². The molecule has 0 saturated heterocycles. The van der Waals surface area contributed by atoms with E-state index in [1.807, 2.05) is 0 Å². The van der Waals surface area contributed by atoms with Crippen molar-refractivity contribution in [1.29, 1.82) is 0 Å². The Hall–Kier alpha value is -1.44. The summed E-state index contributed by atoms with van der Waals surface area (Å²) in [5.41, 5.74) is 4.61. The first kappa shape index (κ1) is 9.13. The molecule has 0 radical (unpaired) electrons. The molecule has 0 spiro atoms. The van der Waals surface area contributed by atoms with Gasteiger partial charge in [0.1, 0.15) is 0 Å². The van der Waals surface area contributed by atoms with Gasteiger partial charge in [0.05, 0.1) is 11.0 Å². The van der Waals surface area contributed by atoms with Gasteiger partial charge in [-0.3, -0.25) is 9.97 Å². The predicted molar refractivity (Wildman–Crippen MR) is 58.3 cm³/mol. The number of nitrogens with zero attached hydrogens (tertiary/aromatic N) is 2. The molecule has 0 atom stereocenters. The maximum atomic E-state index is 4.40. The highest BCUT2D eigenvalue weighted by atomic mass is 14.8. The fourth-order valence-electron chi connectivity index (χ4n) is 1.72. The summed E-state index contributed by atoms with van der Waals surface area (Å²) in [5, 5.41) is 0. The molecule has 0 N–H and O–H groups in total. The van der Waals surface area contributed by atoms with E-state index in [2.05, 4.69) is 35.9 Å². The zero-order valence-corrected chi connectivity index (χ0v) is 8.62. The molecule has 14 heavy (non-hydrogen) atoms. The summed E-state index contributed by atoms with van der Waals surface area (Å²) in [5.74, 6) is 0. The molecule has 2 aromatic rings. The monoisotopic (exact) mass is 186 g/mol.